The Hall–Kier alpha value is -3.36. The van der Waals surface area contributed by atoms with E-state index < -0.39 is 22.9 Å². The lowest BCUT2D eigenvalue weighted by Crippen LogP contribution is -2.27. The zero-order valence-corrected chi connectivity index (χ0v) is 17.3. The predicted molar refractivity (Wildman–Crippen MR) is 113 cm³/mol. The maximum atomic E-state index is 13.2. The number of rotatable bonds is 5. The summed E-state index contributed by atoms with van der Waals surface area (Å²) >= 11 is 6.79. The Morgan fingerprint density at radius 2 is 2.00 bits per heavy atom. The number of imide groups is 1. The number of thioether (sulfide) groups is 1. The van der Waals surface area contributed by atoms with Crippen LogP contribution < -0.4 is 4.74 Å². The van der Waals surface area contributed by atoms with Crippen LogP contribution in [0.4, 0.5) is 9.18 Å². The number of amides is 2. The maximum Gasteiger partial charge on any atom is 0.379 e. The summed E-state index contributed by atoms with van der Waals surface area (Å²) in [6.07, 6.45) is 2.89. The van der Waals surface area contributed by atoms with Gasteiger partial charge in [0.05, 0.1) is 17.7 Å². The monoisotopic (exact) mass is 457 g/mol. The Labute approximate surface area is 185 Å². The van der Waals surface area contributed by atoms with Crippen LogP contribution in [0.1, 0.15) is 21.7 Å². The molecule has 9 heteroatoms. The van der Waals surface area contributed by atoms with Crippen LogP contribution in [0.2, 0.25) is 5.02 Å². The number of carbonyl (C=O) groups is 3. The van der Waals surface area contributed by atoms with Gasteiger partial charge in [0.15, 0.2) is 0 Å². The second-order valence-electron chi connectivity index (χ2n) is 6.44. The van der Waals surface area contributed by atoms with Gasteiger partial charge in [0.25, 0.3) is 11.1 Å². The summed E-state index contributed by atoms with van der Waals surface area (Å²) in [6, 6.07) is 13.3. The van der Waals surface area contributed by atoms with Gasteiger partial charge < -0.3 is 9.15 Å². The largest absolute Gasteiger partial charge is 0.457 e. The third kappa shape index (κ3) is 4.70. The molecule has 1 saturated heterocycles. The first kappa shape index (κ1) is 20.9. The van der Waals surface area contributed by atoms with Gasteiger partial charge in [-0.25, -0.2) is 9.18 Å². The number of halogens is 2. The zero-order chi connectivity index (χ0) is 22.0. The van der Waals surface area contributed by atoms with Crippen molar-refractivity contribution in [1.29, 1.82) is 0 Å². The van der Waals surface area contributed by atoms with Crippen molar-refractivity contribution in [2.75, 3.05) is 0 Å². The average Bonchev–Trinajstić information content (AvgIpc) is 3.35. The van der Waals surface area contributed by atoms with E-state index in [2.05, 4.69) is 0 Å². The number of furan rings is 1. The standard InChI is InChI=1S/C22H13ClFNO5S/c23-17-11-15(24)7-6-14(17)12-25-20(26)19(31-22(25)28)10-13-3-1-4-16(9-13)30-21(27)18-5-2-8-29-18/h1-11H,12H2/b19-10-. The quantitative estimate of drug-likeness (QED) is 0.285. The Balaban J connectivity index is 1.50. The van der Waals surface area contributed by atoms with Crippen molar-refractivity contribution in [3.63, 3.8) is 0 Å². The summed E-state index contributed by atoms with van der Waals surface area (Å²) in [7, 11) is 0. The molecule has 0 saturated carbocycles. The summed E-state index contributed by atoms with van der Waals surface area (Å²) in [5, 5.41) is -0.328. The number of hydrogen-bond acceptors (Lipinski definition) is 6. The van der Waals surface area contributed by atoms with Crippen molar-refractivity contribution in [3.8, 4) is 5.75 Å². The molecule has 0 bridgehead atoms. The number of carbonyl (C=O) groups excluding carboxylic acids is 3. The van der Waals surface area contributed by atoms with Gasteiger partial charge in [0, 0.05) is 5.02 Å². The molecule has 1 aliphatic rings. The zero-order valence-electron chi connectivity index (χ0n) is 15.7. The molecule has 2 amide bonds. The number of benzene rings is 2. The second kappa shape index (κ2) is 8.79. The minimum absolute atomic E-state index is 0.0611. The van der Waals surface area contributed by atoms with Gasteiger partial charge in [-0.05, 0) is 65.4 Å². The molecule has 0 radical (unpaired) electrons. The molecule has 0 aliphatic carbocycles. The van der Waals surface area contributed by atoms with E-state index in [-0.39, 0.29) is 28.0 Å². The first-order valence-electron chi connectivity index (χ1n) is 8.96. The molecule has 2 aromatic carbocycles. The summed E-state index contributed by atoms with van der Waals surface area (Å²) in [4.78, 5) is 38.3. The lowest BCUT2D eigenvalue weighted by molar-refractivity contribution is -0.123. The van der Waals surface area contributed by atoms with Gasteiger partial charge in [-0.15, -0.1) is 0 Å². The highest BCUT2D eigenvalue weighted by atomic mass is 35.5. The van der Waals surface area contributed by atoms with E-state index in [0.29, 0.717) is 11.1 Å². The lowest BCUT2D eigenvalue weighted by Gasteiger charge is -2.13. The van der Waals surface area contributed by atoms with Crippen molar-refractivity contribution in [1.82, 2.24) is 4.90 Å². The molecular weight excluding hydrogens is 445 g/mol. The van der Waals surface area contributed by atoms with Crippen LogP contribution in [0.25, 0.3) is 6.08 Å². The first-order valence-corrected chi connectivity index (χ1v) is 10.2. The maximum absolute atomic E-state index is 13.2. The lowest BCUT2D eigenvalue weighted by atomic mass is 10.2. The molecule has 1 aromatic heterocycles. The predicted octanol–water partition coefficient (Wildman–Crippen LogP) is 5.53. The van der Waals surface area contributed by atoms with Crippen molar-refractivity contribution in [2.45, 2.75) is 6.54 Å². The number of hydrogen-bond donors (Lipinski definition) is 0. The fourth-order valence-electron chi connectivity index (χ4n) is 2.83. The molecular formula is C22H13ClFNO5S. The Morgan fingerprint density at radius 1 is 1.16 bits per heavy atom. The summed E-state index contributed by atoms with van der Waals surface area (Å²) in [5.74, 6) is -1.33. The smallest absolute Gasteiger partial charge is 0.379 e. The molecule has 1 aliphatic heterocycles. The fourth-order valence-corrected chi connectivity index (χ4v) is 3.89. The summed E-state index contributed by atoms with van der Waals surface area (Å²) < 4.78 is 23.5. The van der Waals surface area contributed by atoms with Crippen LogP contribution in [0, 0.1) is 5.82 Å². The highest BCUT2D eigenvalue weighted by Crippen LogP contribution is 2.34. The van der Waals surface area contributed by atoms with Gasteiger partial charge in [-0.2, -0.15) is 0 Å². The molecule has 2 heterocycles. The van der Waals surface area contributed by atoms with Crippen molar-refractivity contribution >= 4 is 46.6 Å². The minimum Gasteiger partial charge on any atom is -0.457 e. The Morgan fingerprint density at radius 3 is 2.74 bits per heavy atom. The number of ether oxygens (including phenoxy) is 1. The van der Waals surface area contributed by atoms with Crippen LogP contribution in [-0.4, -0.2) is 22.0 Å². The highest BCUT2D eigenvalue weighted by Gasteiger charge is 2.35. The van der Waals surface area contributed by atoms with Crippen LogP contribution in [0.3, 0.4) is 0 Å². The van der Waals surface area contributed by atoms with E-state index in [9.17, 15) is 18.8 Å². The van der Waals surface area contributed by atoms with Crippen LogP contribution in [0.5, 0.6) is 5.75 Å². The number of nitrogens with zero attached hydrogens (tertiary/aromatic N) is 1. The molecule has 0 N–H and O–H groups in total. The summed E-state index contributed by atoms with van der Waals surface area (Å²) in [5.41, 5.74) is 1.02. The third-order valence-electron chi connectivity index (χ3n) is 4.31. The van der Waals surface area contributed by atoms with Crippen LogP contribution in [0.15, 0.2) is 70.2 Å². The topological polar surface area (TPSA) is 76.8 Å². The molecule has 156 valence electrons. The number of esters is 1. The van der Waals surface area contributed by atoms with Gasteiger partial charge in [-0.1, -0.05) is 29.8 Å². The van der Waals surface area contributed by atoms with E-state index >= 15 is 0 Å². The molecule has 1 fully saturated rings. The van der Waals surface area contributed by atoms with Crippen molar-refractivity contribution < 1.29 is 27.9 Å². The van der Waals surface area contributed by atoms with Gasteiger partial charge in [-0.3, -0.25) is 14.5 Å². The molecule has 0 spiro atoms. The Kier molecular flexibility index (Phi) is 5.92. The summed E-state index contributed by atoms with van der Waals surface area (Å²) in [6.45, 7) is -0.0675. The van der Waals surface area contributed by atoms with Gasteiger partial charge >= 0.3 is 5.97 Å². The molecule has 4 rings (SSSR count). The van der Waals surface area contributed by atoms with Gasteiger partial charge in [0.1, 0.15) is 11.6 Å². The van der Waals surface area contributed by atoms with Gasteiger partial charge in [0.2, 0.25) is 5.76 Å². The van der Waals surface area contributed by atoms with E-state index in [1.165, 1.54) is 30.5 Å². The van der Waals surface area contributed by atoms with Crippen LogP contribution >= 0.6 is 23.4 Å². The Bertz CT molecular complexity index is 1210. The van der Waals surface area contributed by atoms with E-state index in [4.69, 9.17) is 20.8 Å². The highest BCUT2D eigenvalue weighted by molar-refractivity contribution is 8.18. The molecule has 0 atom stereocenters. The second-order valence-corrected chi connectivity index (χ2v) is 7.84. The minimum atomic E-state index is -0.654. The molecule has 31 heavy (non-hydrogen) atoms. The van der Waals surface area contributed by atoms with Crippen molar-refractivity contribution in [2.24, 2.45) is 0 Å². The first-order chi connectivity index (χ1) is 14.9. The van der Waals surface area contributed by atoms with E-state index in [0.717, 1.165) is 22.7 Å². The third-order valence-corrected chi connectivity index (χ3v) is 5.57. The van der Waals surface area contributed by atoms with E-state index in [1.54, 1.807) is 30.3 Å². The normalized spacial score (nSPS) is 15.0. The van der Waals surface area contributed by atoms with Crippen LogP contribution in [-0.2, 0) is 11.3 Å². The van der Waals surface area contributed by atoms with E-state index in [1.807, 2.05) is 0 Å². The fraction of sp³-hybridized carbons (Fsp3) is 0.0455. The molecule has 0 unspecified atom stereocenters. The SMILES string of the molecule is O=C(Oc1cccc(/C=C2\SC(=O)N(Cc3ccc(F)cc3Cl)C2=O)c1)c1ccco1. The molecule has 3 aromatic rings. The molecule has 6 nitrogen and oxygen atoms in total. The van der Waals surface area contributed by atoms with Crippen molar-refractivity contribution in [3.05, 3.63) is 93.5 Å². The average molecular weight is 458 g/mol.